The number of hydrogen-bond donors (Lipinski definition) is 3. The lowest BCUT2D eigenvalue weighted by Gasteiger charge is -2.22. The summed E-state index contributed by atoms with van der Waals surface area (Å²) >= 11 is 0. The molecule has 3 N–H and O–H groups in total. The summed E-state index contributed by atoms with van der Waals surface area (Å²) in [5, 5.41) is 14.7. The summed E-state index contributed by atoms with van der Waals surface area (Å²) in [4.78, 5) is 36.5. The van der Waals surface area contributed by atoms with Crippen LogP contribution in [0.4, 0.5) is 4.79 Å². The Kier molecular flexibility index (Phi) is 8.68. The number of ether oxygens (including phenoxy) is 1. The molecule has 1 aliphatic carbocycles. The van der Waals surface area contributed by atoms with Crippen LogP contribution in [-0.2, 0) is 14.3 Å². The zero-order valence-electron chi connectivity index (χ0n) is 20.0. The number of carboxylic acids is 1. The van der Waals surface area contributed by atoms with Gasteiger partial charge in [0.1, 0.15) is 12.6 Å². The number of hydrogen-bond acceptors (Lipinski definition) is 4. The fraction of sp³-hybridized carbons (Fsp3) is 0.444. The van der Waals surface area contributed by atoms with Crippen LogP contribution in [0.5, 0.6) is 0 Å². The number of carbonyl (C=O) groups is 3. The smallest absolute Gasteiger partial charge is 0.407 e. The molecule has 0 aliphatic heterocycles. The van der Waals surface area contributed by atoms with E-state index in [1.165, 1.54) is 0 Å². The number of amides is 2. The number of rotatable bonds is 11. The SMILES string of the molecule is CCCCC(CC(=O)NC(C(=O)O)C(C)C)NC(=O)OCC1c2ccccc2-c2ccccc21. The average molecular weight is 467 g/mol. The molecule has 1 aliphatic rings. The van der Waals surface area contributed by atoms with Gasteiger partial charge in [-0.3, -0.25) is 4.79 Å². The second-order valence-corrected chi connectivity index (χ2v) is 9.14. The number of alkyl carbamates (subject to hydrolysis) is 1. The standard InChI is InChI=1S/C27H34N2O5/c1-4-5-10-18(15-24(30)29-25(17(2)3)26(31)32)28-27(33)34-16-23-21-13-8-6-11-19(21)20-12-7-9-14-22(20)23/h6-9,11-14,17-18,23,25H,4-5,10,15-16H2,1-3H3,(H,28,33)(H,29,30)(H,31,32). The number of fused-ring (bicyclic) bond motifs is 3. The molecule has 182 valence electrons. The molecule has 0 spiro atoms. The fourth-order valence-corrected chi connectivity index (χ4v) is 4.45. The van der Waals surface area contributed by atoms with Crippen molar-refractivity contribution in [3.8, 4) is 11.1 Å². The maximum absolute atomic E-state index is 12.7. The van der Waals surface area contributed by atoms with Crippen LogP contribution in [0.2, 0.25) is 0 Å². The number of aliphatic carboxylic acids is 1. The van der Waals surface area contributed by atoms with Crippen molar-refractivity contribution >= 4 is 18.0 Å². The summed E-state index contributed by atoms with van der Waals surface area (Å²) in [6.45, 7) is 5.70. The van der Waals surface area contributed by atoms with Crippen molar-refractivity contribution in [1.82, 2.24) is 10.6 Å². The Bertz CT molecular complexity index is 974. The van der Waals surface area contributed by atoms with E-state index in [2.05, 4.69) is 34.9 Å². The number of benzene rings is 2. The van der Waals surface area contributed by atoms with E-state index >= 15 is 0 Å². The Balaban J connectivity index is 1.61. The van der Waals surface area contributed by atoms with Crippen molar-refractivity contribution < 1.29 is 24.2 Å². The molecule has 34 heavy (non-hydrogen) atoms. The van der Waals surface area contributed by atoms with Gasteiger partial charge in [0.2, 0.25) is 5.91 Å². The molecule has 7 heteroatoms. The lowest BCUT2D eigenvalue weighted by atomic mass is 9.98. The highest BCUT2D eigenvalue weighted by molar-refractivity contribution is 5.84. The molecule has 0 bridgehead atoms. The summed E-state index contributed by atoms with van der Waals surface area (Å²) in [5.41, 5.74) is 4.57. The van der Waals surface area contributed by atoms with E-state index in [9.17, 15) is 19.5 Å². The highest BCUT2D eigenvalue weighted by atomic mass is 16.5. The highest BCUT2D eigenvalue weighted by Gasteiger charge is 2.30. The van der Waals surface area contributed by atoms with Crippen LogP contribution in [0, 0.1) is 5.92 Å². The minimum Gasteiger partial charge on any atom is -0.480 e. The van der Waals surface area contributed by atoms with Gasteiger partial charge in [-0.25, -0.2) is 9.59 Å². The van der Waals surface area contributed by atoms with E-state index in [0.29, 0.717) is 6.42 Å². The third-order valence-corrected chi connectivity index (χ3v) is 6.25. The first kappa shape index (κ1) is 25.3. The first-order chi connectivity index (χ1) is 16.3. The number of nitrogens with one attached hydrogen (secondary N) is 2. The van der Waals surface area contributed by atoms with Gasteiger partial charge >= 0.3 is 12.1 Å². The van der Waals surface area contributed by atoms with Gasteiger partial charge in [0.05, 0.1) is 0 Å². The molecular weight excluding hydrogens is 432 g/mol. The van der Waals surface area contributed by atoms with Crippen LogP contribution in [0.3, 0.4) is 0 Å². The maximum atomic E-state index is 12.7. The van der Waals surface area contributed by atoms with Crippen molar-refractivity contribution in [1.29, 1.82) is 0 Å². The van der Waals surface area contributed by atoms with Crippen LogP contribution in [0.15, 0.2) is 48.5 Å². The Hall–Kier alpha value is -3.35. The number of carbonyl (C=O) groups excluding carboxylic acids is 2. The molecule has 7 nitrogen and oxygen atoms in total. The topological polar surface area (TPSA) is 105 Å². The summed E-state index contributed by atoms with van der Waals surface area (Å²) in [7, 11) is 0. The molecule has 0 fully saturated rings. The summed E-state index contributed by atoms with van der Waals surface area (Å²) < 4.78 is 5.61. The molecule has 2 amide bonds. The van der Waals surface area contributed by atoms with Gasteiger partial charge in [0, 0.05) is 18.4 Å². The molecular formula is C27H34N2O5. The van der Waals surface area contributed by atoms with Gasteiger partial charge in [-0.2, -0.15) is 0 Å². The predicted molar refractivity (Wildman–Crippen MR) is 131 cm³/mol. The van der Waals surface area contributed by atoms with Crippen molar-refractivity contribution in [2.24, 2.45) is 5.92 Å². The Morgan fingerprint density at radius 1 is 0.971 bits per heavy atom. The normalized spacial score (nSPS) is 14.1. The Morgan fingerprint density at radius 3 is 2.09 bits per heavy atom. The maximum Gasteiger partial charge on any atom is 0.407 e. The summed E-state index contributed by atoms with van der Waals surface area (Å²) in [6.07, 6.45) is 1.77. The molecule has 2 aromatic rings. The molecule has 0 heterocycles. The van der Waals surface area contributed by atoms with Crippen LogP contribution in [-0.4, -0.2) is 41.8 Å². The lowest BCUT2D eigenvalue weighted by Crippen LogP contribution is -2.47. The van der Waals surface area contributed by atoms with Crippen LogP contribution < -0.4 is 10.6 Å². The van der Waals surface area contributed by atoms with Gasteiger partial charge in [-0.05, 0) is 34.6 Å². The average Bonchev–Trinajstić information content (AvgIpc) is 3.13. The first-order valence-corrected chi connectivity index (χ1v) is 12.0. The molecule has 0 saturated carbocycles. The zero-order chi connectivity index (χ0) is 24.7. The molecule has 0 radical (unpaired) electrons. The van der Waals surface area contributed by atoms with Crippen molar-refractivity contribution in [2.45, 2.75) is 64.5 Å². The number of carboxylic acid groups (broad SMARTS) is 1. The fourth-order valence-electron chi connectivity index (χ4n) is 4.45. The second kappa shape index (κ2) is 11.7. The minimum atomic E-state index is -1.07. The van der Waals surface area contributed by atoms with E-state index in [4.69, 9.17) is 4.74 Å². The van der Waals surface area contributed by atoms with Crippen LogP contribution in [0.1, 0.15) is 63.5 Å². The first-order valence-electron chi connectivity index (χ1n) is 12.0. The molecule has 0 aromatic heterocycles. The Morgan fingerprint density at radius 2 is 1.56 bits per heavy atom. The highest BCUT2D eigenvalue weighted by Crippen LogP contribution is 2.44. The van der Waals surface area contributed by atoms with E-state index in [0.717, 1.165) is 35.1 Å². The molecule has 2 aromatic carbocycles. The van der Waals surface area contributed by atoms with Gasteiger partial charge < -0.3 is 20.5 Å². The van der Waals surface area contributed by atoms with Crippen molar-refractivity contribution in [2.75, 3.05) is 6.61 Å². The van der Waals surface area contributed by atoms with E-state index in [1.807, 2.05) is 31.2 Å². The molecule has 2 atom stereocenters. The molecule has 2 unspecified atom stereocenters. The quantitative estimate of drug-likeness (QED) is 0.445. The largest absolute Gasteiger partial charge is 0.480 e. The van der Waals surface area contributed by atoms with Crippen molar-refractivity contribution in [3.63, 3.8) is 0 Å². The van der Waals surface area contributed by atoms with E-state index < -0.39 is 30.1 Å². The van der Waals surface area contributed by atoms with Gasteiger partial charge in [-0.1, -0.05) is 82.1 Å². The predicted octanol–water partition coefficient (Wildman–Crippen LogP) is 4.70. The second-order valence-electron chi connectivity index (χ2n) is 9.14. The van der Waals surface area contributed by atoms with Gasteiger partial charge in [0.15, 0.2) is 0 Å². The van der Waals surface area contributed by atoms with Gasteiger partial charge in [0.25, 0.3) is 0 Å². The van der Waals surface area contributed by atoms with E-state index in [1.54, 1.807) is 13.8 Å². The molecule has 3 rings (SSSR count). The van der Waals surface area contributed by atoms with Crippen molar-refractivity contribution in [3.05, 3.63) is 59.7 Å². The monoisotopic (exact) mass is 466 g/mol. The molecule has 0 saturated heterocycles. The third kappa shape index (κ3) is 6.16. The minimum absolute atomic E-state index is 0.000690. The van der Waals surface area contributed by atoms with Crippen LogP contribution >= 0.6 is 0 Å². The zero-order valence-corrected chi connectivity index (χ0v) is 20.0. The van der Waals surface area contributed by atoms with Gasteiger partial charge in [-0.15, -0.1) is 0 Å². The van der Waals surface area contributed by atoms with Crippen LogP contribution in [0.25, 0.3) is 11.1 Å². The Labute approximate surface area is 200 Å². The summed E-state index contributed by atoms with van der Waals surface area (Å²) in [6, 6.07) is 14.9. The third-order valence-electron chi connectivity index (χ3n) is 6.25. The number of unbranched alkanes of at least 4 members (excludes halogenated alkanes) is 1. The lowest BCUT2D eigenvalue weighted by molar-refractivity contribution is -0.143. The summed E-state index contributed by atoms with van der Waals surface area (Å²) in [5.74, 6) is -1.76. The van der Waals surface area contributed by atoms with E-state index in [-0.39, 0.29) is 24.9 Å².